The SMILES string of the molecule is CCCCCCCCCC/C=C\CCCCCCCCCCCCOCC(COC1OC(CO)C(O)C(O)C1O)OC(=O)CCCCCCCCCC. The molecule has 9 heteroatoms. The number of allylic oxidation sites excluding steroid dienone is 2. The van der Waals surface area contributed by atoms with E-state index in [2.05, 4.69) is 26.0 Å². The summed E-state index contributed by atoms with van der Waals surface area (Å²) in [4.78, 5) is 12.7. The zero-order valence-electron chi connectivity index (χ0n) is 34.3. The molecule has 0 aromatic heterocycles. The zero-order chi connectivity index (χ0) is 38.6. The maximum absolute atomic E-state index is 12.7. The number of carbonyl (C=O) groups is 1. The van der Waals surface area contributed by atoms with Crippen molar-refractivity contribution in [2.75, 3.05) is 26.4 Å². The van der Waals surface area contributed by atoms with Crippen molar-refractivity contribution in [3.63, 3.8) is 0 Å². The van der Waals surface area contributed by atoms with Crippen molar-refractivity contribution in [3.8, 4) is 0 Å². The van der Waals surface area contributed by atoms with E-state index in [-0.39, 0.29) is 19.2 Å². The fraction of sp³-hybridized carbons (Fsp3) is 0.932. The first kappa shape index (κ1) is 49.9. The molecule has 1 aliphatic heterocycles. The maximum atomic E-state index is 12.7. The Bertz CT molecular complexity index is 823. The lowest BCUT2D eigenvalue weighted by molar-refractivity contribution is -0.305. The third-order valence-corrected chi connectivity index (χ3v) is 10.4. The van der Waals surface area contributed by atoms with Crippen molar-refractivity contribution >= 4 is 5.97 Å². The predicted octanol–water partition coefficient (Wildman–Crippen LogP) is 9.64. The second-order valence-corrected chi connectivity index (χ2v) is 15.5. The van der Waals surface area contributed by atoms with Crippen LogP contribution >= 0.6 is 0 Å². The van der Waals surface area contributed by atoms with Gasteiger partial charge in [0.2, 0.25) is 0 Å². The van der Waals surface area contributed by atoms with Crippen LogP contribution in [0.15, 0.2) is 12.2 Å². The molecular formula is C44H84O9. The molecule has 0 spiro atoms. The average Bonchev–Trinajstić information content (AvgIpc) is 3.16. The summed E-state index contributed by atoms with van der Waals surface area (Å²) < 4.78 is 22.7. The van der Waals surface area contributed by atoms with E-state index >= 15 is 0 Å². The van der Waals surface area contributed by atoms with Gasteiger partial charge in [-0.15, -0.1) is 0 Å². The molecule has 0 aromatic carbocycles. The molecule has 6 atom stereocenters. The first-order chi connectivity index (χ1) is 25.9. The van der Waals surface area contributed by atoms with Crippen LogP contribution < -0.4 is 0 Å². The molecule has 9 nitrogen and oxygen atoms in total. The summed E-state index contributed by atoms with van der Waals surface area (Å²) in [7, 11) is 0. The molecule has 1 fully saturated rings. The van der Waals surface area contributed by atoms with E-state index in [4.69, 9.17) is 18.9 Å². The van der Waals surface area contributed by atoms with Crippen LogP contribution in [0.1, 0.15) is 200 Å². The van der Waals surface area contributed by atoms with E-state index in [9.17, 15) is 25.2 Å². The third-order valence-electron chi connectivity index (χ3n) is 10.4. The van der Waals surface area contributed by atoms with Gasteiger partial charge in [0.25, 0.3) is 0 Å². The molecule has 4 N–H and O–H groups in total. The average molecular weight is 757 g/mol. The molecule has 0 radical (unpaired) electrons. The first-order valence-electron chi connectivity index (χ1n) is 22.3. The summed E-state index contributed by atoms with van der Waals surface area (Å²) in [5.41, 5.74) is 0. The number of hydrogen-bond donors (Lipinski definition) is 4. The van der Waals surface area contributed by atoms with Gasteiger partial charge in [-0.05, 0) is 38.5 Å². The van der Waals surface area contributed by atoms with Crippen LogP contribution in [0.25, 0.3) is 0 Å². The fourth-order valence-electron chi connectivity index (χ4n) is 6.90. The number of carbonyl (C=O) groups excluding carboxylic acids is 1. The molecule has 0 amide bonds. The molecule has 1 heterocycles. The summed E-state index contributed by atoms with van der Waals surface area (Å²) in [6.07, 6.45) is 32.6. The molecule has 0 aromatic rings. The Kier molecular flexibility index (Phi) is 34.5. The highest BCUT2D eigenvalue weighted by Crippen LogP contribution is 2.22. The van der Waals surface area contributed by atoms with Gasteiger partial charge < -0.3 is 39.4 Å². The van der Waals surface area contributed by atoms with Crippen LogP contribution in [-0.4, -0.2) is 89.6 Å². The van der Waals surface area contributed by atoms with E-state index in [0.717, 1.165) is 32.1 Å². The van der Waals surface area contributed by atoms with Crippen LogP contribution in [-0.2, 0) is 23.7 Å². The van der Waals surface area contributed by atoms with Crippen molar-refractivity contribution in [3.05, 3.63) is 12.2 Å². The lowest BCUT2D eigenvalue weighted by Gasteiger charge is -2.39. The molecule has 1 aliphatic rings. The Hall–Kier alpha value is -1.07. The smallest absolute Gasteiger partial charge is 0.306 e. The van der Waals surface area contributed by atoms with Crippen LogP contribution in [0.4, 0.5) is 0 Å². The van der Waals surface area contributed by atoms with E-state index < -0.39 is 43.4 Å². The molecule has 0 aliphatic carbocycles. The number of aliphatic hydroxyl groups is 4. The highest BCUT2D eigenvalue weighted by molar-refractivity contribution is 5.69. The Balaban J connectivity index is 2.16. The highest BCUT2D eigenvalue weighted by atomic mass is 16.7. The Morgan fingerprint density at radius 1 is 0.585 bits per heavy atom. The van der Waals surface area contributed by atoms with E-state index in [1.54, 1.807) is 0 Å². The van der Waals surface area contributed by atoms with E-state index in [0.29, 0.717) is 13.0 Å². The van der Waals surface area contributed by atoms with Crippen LogP contribution in [0.5, 0.6) is 0 Å². The van der Waals surface area contributed by atoms with Crippen molar-refractivity contribution in [1.82, 2.24) is 0 Å². The number of esters is 1. The monoisotopic (exact) mass is 757 g/mol. The van der Waals surface area contributed by atoms with Crippen LogP contribution in [0, 0.1) is 0 Å². The van der Waals surface area contributed by atoms with Crippen molar-refractivity contribution in [2.24, 2.45) is 0 Å². The Labute approximate surface area is 325 Å². The third kappa shape index (κ3) is 28.1. The van der Waals surface area contributed by atoms with Crippen LogP contribution in [0.3, 0.4) is 0 Å². The van der Waals surface area contributed by atoms with Gasteiger partial charge in [0.05, 0.1) is 19.8 Å². The predicted molar refractivity (Wildman–Crippen MR) is 215 cm³/mol. The molecule has 1 saturated heterocycles. The molecular weight excluding hydrogens is 672 g/mol. The van der Waals surface area contributed by atoms with Crippen molar-refractivity contribution in [2.45, 2.75) is 237 Å². The quantitative estimate of drug-likeness (QED) is 0.0276. The molecule has 1 rings (SSSR count). The van der Waals surface area contributed by atoms with Gasteiger partial charge in [-0.3, -0.25) is 4.79 Å². The largest absolute Gasteiger partial charge is 0.457 e. The van der Waals surface area contributed by atoms with Crippen molar-refractivity contribution < 1.29 is 44.2 Å². The number of ether oxygens (including phenoxy) is 4. The van der Waals surface area contributed by atoms with Gasteiger partial charge in [0, 0.05) is 13.0 Å². The normalized spacial score (nSPS) is 21.1. The number of aliphatic hydroxyl groups excluding tert-OH is 4. The summed E-state index contributed by atoms with van der Waals surface area (Å²) >= 11 is 0. The standard InChI is InChI=1S/C44H84O9/c1-3-5-7-9-11-13-14-15-16-17-18-19-20-21-22-23-24-25-26-28-30-32-34-50-36-38(52-40(46)33-31-29-27-12-10-8-6-4-2)37-51-44-43(49)42(48)41(47)39(35-45)53-44/h17-18,38-39,41-45,47-49H,3-16,19-37H2,1-2H3/b18-17-. The highest BCUT2D eigenvalue weighted by Gasteiger charge is 2.44. The maximum Gasteiger partial charge on any atom is 0.306 e. The second kappa shape index (κ2) is 36.6. The zero-order valence-corrected chi connectivity index (χ0v) is 34.3. The minimum Gasteiger partial charge on any atom is -0.457 e. The number of rotatable bonds is 38. The minimum absolute atomic E-state index is 0.109. The summed E-state index contributed by atoms with van der Waals surface area (Å²) in [6.45, 7) is 4.54. The molecule has 0 saturated carbocycles. The van der Waals surface area contributed by atoms with Gasteiger partial charge in [0.15, 0.2) is 6.29 Å². The molecule has 53 heavy (non-hydrogen) atoms. The van der Waals surface area contributed by atoms with Gasteiger partial charge >= 0.3 is 5.97 Å². The molecule has 314 valence electrons. The summed E-state index contributed by atoms with van der Waals surface area (Å²) in [6, 6.07) is 0. The number of hydrogen-bond acceptors (Lipinski definition) is 9. The second-order valence-electron chi connectivity index (χ2n) is 15.5. The minimum atomic E-state index is -1.53. The van der Waals surface area contributed by atoms with E-state index in [1.807, 2.05) is 0 Å². The first-order valence-corrected chi connectivity index (χ1v) is 22.3. The van der Waals surface area contributed by atoms with E-state index in [1.165, 1.54) is 148 Å². The Morgan fingerprint density at radius 2 is 1.04 bits per heavy atom. The topological polar surface area (TPSA) is 135 Å². The van der Waals surface area contributed by atoms with Gasteiger partial charge in [0.1, 0.15) is 30.5 Å². The van der Waals surface area contributed by atoms with Gasteiger partial charge in [-0.1, -0.05) is 167 Å². The number of unbranched alkanes of at least 4 members (excludes halogenated alkanes) is 25. The fourth-order valence-corrected chi connectivity index (χ4v) is 6.90. The van der Waals surface area contributed by atoms with Crippen LogP contribution in [0.2, 0.25) is 0 Å². The van der Waals surface area contributed by atoms with Gasteiger partial charge in [-0.25, -0.2) is 0 Å². The summed E-state index contributed by atoms with van der Waals surface area (Å²) in [5.74, 6) is -0.317. The molecule has 6 unspecified atom stereocenters. The Morgan fingerprint density at radius 3 is 1.53 bits per heavy atom. The van der Waals surface area contributed by atoms with Crippen molar-refractivity contribution in [1.29, 1.82) is 0 Å². The van der Waals surface area contributed by atoms with Gasteiger partial charge in [-0.2, -0.15) is 0 Å². The molecule has 0 bridgehead atoms. The summed E-state index contributed by atoms with van der Waals surface area (Å²) in [5, 5.41) is 40.0. The lowest BCUT2D eigenvalue weighted by atomic mass is 9.99. The lowest BCUT2D eigenvalue weighted by Crippen LogP contribution is -2.59.